The Bertz CT molecular complexity index is 2580. The first-order valence-electron chi connectivity index (χ1n) is 17.0. The number of rotatable bonds is 7. The molecule has 0 radical (unpaired) electrons. The number of furan rings is 1. The molecule has 0 spiro atoms. The summed E-state index contributed by atoms with van der Waals surface area (Å²) in [6, 6.07) is 70.9. The van der Waals surface area contributed by atoms with Crippen molar-refractivity contribution in [3.8, 4) is 44.7 Å². The maximum atomic E-state index is 6.54. The van der Waals surface area contributed by atoms with Crippen LogP contribution >= 0.6 is 0 Å². The largest absolute Gasteiger partial charge is 0.455 e. The fourth-order valence-electron chi connectivity index (χ4n) is 7.10. The van der Waals surface area contributed by atoms with Crippen LogP contribution in [0.1, 0.15) is 0 Å². The van der Waals surface area contributed by atoms with Crippen molar-refractivity contribution >= 4 is 38.8 Å². The summed E-state index contributed by atoms with van der Waals surface area (Å²) in [4.78, 5) is 2.33. The molecule has 0 aliphatic heterocycles. The summed E-state index contributed by atoms with van der Waals surface area (Å²) in [5.41, 5.74) is 12.2. The van der Waals surface area contributed by atoms with Gasteiger partial charge in [-0.15, -0.1) is 0 Å². The van der Waals surface area contributed by atoms with E-state index in [1.165, 1.54) is 21.9 Å². The molecule has 236 valence electrons. The number of hydrogen-bond acceptors (Lipinski definition) is 2. The molecule has 9 rings (SSSR count). The maximum absolute atomic E-state index is 6.54. The van der Waals surface area contributed by atoms with Crippen molar-refractivity contribution in [3.63, 3.8) is 0 Å². The molecule has 0 aliphatic rings. The van der Waals surface area contributed by atoms with Gasteiger partial charge in [0.1, 0.15) is 11.3 Å². The van der Waals surface area contributed by atoms with Crippen molar-refractivity contribution in [3.05, 3.63) is 200 Å². The molecule has 0 atom stereocenters. The Kier molecular flexibility index (Phi) is 7.53. The van der Waals surface area contributed by atoms with Gasteiger partial charge in [0.15, 0.2) is 0 Å². The molecule has 1 heterocycles. The van der Waals surface area contributed by atoms with Gasteiger partial charge in [-0.1, -0.05) is 152 Å². The van der Waals surface area contributed by atoms with Gasteiger partial charge in [-0.05, 0) is 87.1 Å². The van der Waals surface area contributed by atoms with Gasteiger partial charge in [0.2, 0.25) is 0 Å². The summed E-state index contributed by atoms with van der Waals surface area (Å²) in [5.74, 6) is 0.886. The molecule has 0 unspecified atom stereocenters. The third-order valence-electron chi connectivity index (χ3n) is 9.46. The van der Waals surface area contributed by atoms with E-state index < -0.39 is 0 Å². The molecule has 0 saturated carbocycles. The minimum Gasteiger partial charge on any atom is -0.455 e. The van der Waals surface area contributed by atoms with Gasteiger partial charge >= 0.3 is 0 Å². The van der Waals surface area contributed by atoms with Crippen LogP contribution in [0.3, 0.4) is 0 Å². The Morgan fingerprint density at radius 2 is 0.920 bits per heavy atom. The van der Waals surface area contributed by atoms with Crippen LogP contribution in [0.15, 0.2) is 205 Å². The second-order valence-electron chi connectivity index (χ2n) is 12.5. The first-order chi connectivity index (χ1) is 24.8. The molecule has 0 N–H and O–H groups in total. The van der Waals surface area contributed by atoms with Gasteiger partial charge < -0.3 is 9.32 Å². The van der Waals surface area contributed by atoms with Gasteiger partial charge in [-0.25, -0.2) is 0 Å². The van der Waals surface area contributed by atoms with Crippen LogP contribution in [-0.2, 0) is 0 Å². The van der Waals surface area contributed by atoms with Gasteiger partial charge in [-0.2, -0.15) is 0 Å². The Balaban J connectivity index is 1.10. The smallest absolute Gasteiger partial charge is 0.143 e. The fourth-order valence-corrected chi connectivity index (χ4v) is 7.10. The maximum Gasteiger partial charge on any atom is 0.143 e. The molecule has 50 heavy (non-hydrogen) atoms. The third-order valence-corrected chi connectivity index (χ3v) is 9.46. The molecule has 0 aliphatic carbocycles. The zero-order valence-electron chi connectivity index (χ0n) is 27.4. The number of fused-ring (bicyclic) bond motifs is 2. The van der Waals surface area contributed by atoms with Crippen LogP contribution in [0.2, 0.25) is 0 Å². The van der Waals surface area contributed by atoms with Crippen LogP contribution in [0.25, 0.3) is 66.4 Å². The van der Waals surface area contributed by atoms with Gasteiger partial charge in [0.25, 0.3) is 0 Å². The number of nitrogens with zero attached hydrogens (tertiary/aromatic N) is 1. The lowest BCUT2D eigenvalue weighted by atomic mass is 9.96. The van der Waals surface area contributed by atoms with Crippen molar-refractivity contribution in [2.45, 2.75) is 0 Å². The van der Waals surface area contributed by atoms with Crippen LogP contribution in [0.5, 0.6) is 0 Å². The summed E-state index contributed by atoms with van der Waals surface area (Å²) in [7, 11) is 0. The topological polar surface area (TPSA) is 16.4 Å². The molecular weight excluding hydrogens is 607 g/mol. The lowest BCUT2D eigenvalue weighted by Gasteiger charge is -2.26. The first kappa shape index (κ1) is 29.5. The summed E-state index contributed by atoms with van der Waals surface area (Å²) >= 11 is 0. The minimum absolute atomic E-state index is 0.886. The molecule has 0 saturated heterocycles. The summed E-state index contributed by atoms with van der Waals surface area (Å²) in [5, 5.41) is 3.61. The molecular formula is C48H33NO. The van der Waals surface area contributed by atoms with Gasteiger partial charge in [0.05, 0.1) is 0 Å². The van der Waals surface area contributed by atoms with E-state index in [0.29, 0.717) is 0 Å². The highest BCUT2D eigenvalue weighted by Crippen LogP contribution is 2.42. The molecule has 8 aromatic carbocycles. The highest BCUT2D eigenvalue weighted by atomic mass is 16.3. The Morgan fingerprint density at radius 1 is 0.340 bits per heavy atom. The normalized spacial score (nSPS) is 11.2. The Labute approximate surface area is 292 Å². The summed E-state index contributed by atoms with van der Waals surface area (Å²) < 4.78 is 6.54. The molecule has 2 heteroatoms. The van der Waals surface area contributed by atoms with E-state index >= 15 is 0 Å². The Morgan fingerprint density at radius 3 is 1.76 bits per heavy atom. The van der Waals surface area contributed by atoms with E-state index in [1.807, 2.05) is 12.1 Å². The number of hydrogen-bond donors (Lipinski definition) is 0. The number of benzene rings is 8. The quantitative estimate of drug-likeness (QED) is 0.173. The second-order valence-corrected chi connectivity index (χ2v) is 12.5. The number of anilines is 3. The van der Waals surface area contributed by atoms with E-state index in [9.17, 15) is 0 Å². The van der Waals surface area contributed by atoms with Crippen molar-refractivity contribution in [1.29, 1.82) is 0 Å². The standard InChI is InChI=1S/C48H33NO/c1-3-15-36(16-4-1)47-45-25-9-10-27-46(45)50-48(47)39-20-11-18-37(32-39)34-28-30-41(31-29-34)49(40-21-5-2-6-22-40)42-23-12-19-38(33-42)44-26-13-17-35-14-7-8-24-43(35)44/h1-33H. The van der Waals surface area contributed by atoms with Crippen LogP contribution in [0.4, 0.5) is 17.1 Å². The monoisotopic (exact) mass is 639 g/mol. The summed E-state index contributed by atoms with van der Waals surface area (Å²) in [6.45, 7) is 0. The summed E-state index contributed by atoms with van der Waals surface area (Å²) in [6.07, 6.45) is 0. The molecule has 2 nitrogen and oxygen atoms in total. The van der Waals surface area contributed by atoms with E-state index in [0.717, 1.165) is 61.6 Å². The van der Waals surface area contributed by atoms with Crippen LogP contribution in [0, 0.1) is 0 Å². The van der Waals surface area contributed by atoms with E-state index in [-0.39, 0.29) is 0 Å². The zero-order chi connectivity index (χ0) is 33.3. The van der Waals surface area contributed by atoms with E-state index in [2.05, 4.69) is 193 Å². The molecule has 0 fully saturated rings. The van der Waals surface area contributed by atoms with Crippen LogP contribution < -0.4 is 4.90 Å². The van der Waals surface area contributed by atoms with E-state index in [4.69, 9.17) is 4.42 Å². The van der Waals surface area contributed by atoms with Crippen molar-refractivity contribution in [1.82, 2.24) is 0 Å². The predicted molar refractivity (Wildman–Crippen MR) is 210 cm³/mol. The SMILES string of the molecule is c1ccc(-c2c(-c3cccc(-c4ccc(N(c5ccccc5)c5cccc(-c6cccc7ccccc67)c5)cc4)c3)oc3ccccc23)cc1. The third kappa shape index (κ3) is 5.43. The second kappa shape index (κ2) is 12.8. The van der Waals surface area contributed by atoms with Crippen molar-refractivity contribution < 1.29 is 4.42 Å². The zero-order valence-corrected chi connectivity index (χ0v) is 27.4. The van der Waals surface area contributed by atoms with Crippen molar-refractivity contribution in [2.24, 2.45) is 0 Å². The van der Waals surface area contributed by atoms with Crippen LogP contribution in [-0.4, -0.2) is 0 Å². The molecule has 9 aromatic rings. The minimum atomic E-state index is 0.886. The average Bonchev–Trinajstić information content (AvgIpc) is 3.59. The molecule has 0 bridgehead atoms. The van der Waals surface area contributed by atoms with Gasteiger partial charge in [0, 0.05) is 33.6 Å². The highest BCUT2D eigenvalue weighted by molar-refractivity contribution is 6.02. The number of para-hydroxylation sites is 2. The van der Waals surface area contributed by atoms with Crippen molar-refractivity contribution in [2.75, 3.05) is 4.90 Å². The molecule has 0 amide bonds. The highest BCUT2D eigenvalue weighted by Gasteiger charge is 2.18. The lowest BCUT2D eigenvalue weighted by molar-refractivity contribution is 0.632. The van der Waals surface area contributed by atoms with E-state index in [1.54, 1.807) is 0 Å². The molecule has 1 aromatic heterocycles. The fraction of sp³-hybridized carbons (Fsp3) is 0. The van der Waals surface area contributed by atoms with Gasteiger partial charge in [-0.3, -0.25) is 0 Å². The lowest BCUT2D eigenvalue weighted by Crippen LogP contribution is -2.09. The predicted octanol–water partition coefficient (Wildman–Crippen LogP) is 13.7. The average molecular weight is 640 g/mol. The first-order valence-corrected chi connectivity index (χ1v) is 17.0. The Hall–Kier alpha value is -6.64.